The van der Waals surface area contributed by atoms with Gasteiger partial charge >= 0.3 is 6.16 Å². The fraction of sp³-hybridized carbons (Fsp3) is 0.400. The van der Waals surface area contributed by atoms with Crippen molar-refractivity contribution >= 4 is 6.16 Å². The number of hydrogen-bond acceptors (Lipinski definition) is 3. The fourth-order valence-electron chi connectivity index (χ4n) is 2.17. The minimum atomic E-state index is -0.645. The predicted molar refractivity (Wildman–Crippen MR) is 69.5 cm³/mol. The topological polar surface area (TPSA) is 35.5 Å². The molecule has 0 amide bonds. The normalized spacial score (nSPS) is 21.4. The van der Waals surface area contributed by atoms with Gasteiger partial charge in [0.1, 0.15) is 11.9 Å². The maximum atomic E-state index is 13.2. The number of carbonyl (C=O) groups excluding carboxylic acids is 1. The summed E-state index contributed by atoms with van der Waals surface area (Å²) in [6.07, 6.45) is 3.59. The summed E-state index contributed by atoms with van der Waals surface area (Å²) in [6.45, 7) is 3.77. The molecule has 0 aromatic heterocycles. The maximum Gasteiger partial charge on any atom is 0.508 e. The highest BCUT2D eigenvalue weighted by atomic mass is 19.1. The lowest BCUT2D eigenvalue weighted by atomic mass is 9.96. The van der Waals surface area contributed by atoms with Crippen LogP contribution in [0.2, 0.25) is 0 Å². The molecule has 0 bridgehead atoms. The average Bonchev–Trinajstić information content (AvgIpc) is 2.81. The van der Waals surface area contributed by atoms with Gasteiger partial charge in [-0.2, -0.15) is 0 Å². The van der Waals surface area contributed by atoms with Gasteiger partial charge in [0.25, 0.3) is 0 Å². The Morgan fingerprint density at radius 3 is 2.89 bits per heavy atom. The van der Waals surface area contributed by atoms with E-state index in [0.29, 0.717) is 18.6 Å². The minimum absolute atomic E-state index is 0.152. The average molecular weight is 264 g/mol. The van der Waals surface area contributed by atoms with Crippen molar-refractivity contribution in [3.05, 3.63) is 47.3 Å². The number of ether oxygens (including phenoxy) is 2. The Bertz CT molecular complexity index is 496. The molecular formula is C15H17FO3. The summed E-state index contributed by atoms with van der Waals surface area (Å²) in [5.41, 5.74) is 1.66. The summed E-state index contributed by atoms with van der Waals surface area (Å²) in [5.74, 6) is -0.0521. The lowest BCUT2D eigenvalue weighted by Crippen LogP contribution is -2.16. The Labute approximate surface area is 112 Å². The molecule has 4 heteroatoms. The van der Waals surface area contributed by atoms with E-state index in [4.69, 9.17) is 9.47 Å². The molecule has 0 saturated carbocycles. The number of benzene rings is 1. The van der Waals surface area contributed by atoms with E-state index in [-0.39, 0.29) is 17.8 Å². The van der Waals surface area contributed by atoms with Gasteiger partial charge in [0.2, 0.25) is 0 Å². The van der Waals surface area contributed by atoms with Crippen LogP contribution >= 0.6 is 0 Å². The third-order valence-electron chi connectivity index (χ3n) is 3.16. The summed E-state index contributed by atoms with van der Waals surface area (Å²) in [7, 11) is 0. The highest BCUT2D eigenvalue weighted by Gasteiger charge is 2.24. The molecule has 1 aromatic carbocycles. The van der Waals surface area contributed by atoms with Crippen molar-refractivity contribution in [1.82, 2.24) is 0 Å². The molecule has 0 saturated heterocycles. The number of carbonyl (C=O) groups is 1. The first-order chi connectivity index (χ1) is 9.10. The predicted octanol–water partition coefficient (Wildman–Crippen LogP) is 3.72. The first-order valence-corrected chi connectivity index (χ1v) is 6.38. The Morgan fingerprint density at radius 1 is 1.42 bits per heavy atom. The van der Waals surface area contributed by atoms with E-state index in [1.54, 1.807) is 19.9 Å². The monoisotopic (exact) mass is 264 g/mol. The van der Waals surface area contributed by atoms with Gasteiger partial charge in [-0.25, -0.2) is 9.18 Å². The zero-order chi connectivity index (χ0) is 13.8. The third-order valence-corrected chi connectivity index (χ3v) is 3.16. The van der Waals surface area contributed by atoms with Crippen molar-refractivity contribution < 1.29 is 18.7 Å². The van der Waals surface area contributed by atoms with Crippen LogP contribution < -0.4 is 0 Å². The second-order valence-electron chi connectivity index (χ2n) is 4.58. The van der Waals surface area contributed by atoms with Gasteiger partial charge in [-0.15, -0.1) is 0 Å². The van der Waals surface area contributed by atoms with Crippen LogP contribution in [0.1, 0.15) is 30.4 Å². The molecule has 3 nitrogen and oxygen atoms in total. The van der Waals surface area contributed by atoms with Gasteiger partial charge < -0.3 is 9.47 Å². The molecule has 1 aromatic rings. The highest BCUT2D eigenvalue weighted by Crippen LogP contribution is 2.31. The summed E-state index contributed by atoms with van der Waals surface area (Å²) in [6, 6.07) is 5.07. The van der Waals surface area contributed by atoms with E-state index in [1.165, 1.54) is 6.07 Å². The molecule has 0 heterocycles. The summed E-state index contributed by atoms with van der Waals surface area (Å²) >= 11 is 0. The van der Waals surface area contributed by atoms with E-state index < -0.39 is 6.16 Å². The molecule has 0 N–H and O–H groups in total. The van der Waals surface area contributed by atoms with Crippen LogP contribution in [-0.4, -0.2) is 18.9 Å². The molecule has 0 unspecified atom stereocenters. The van der Waals surface area contributed by atoms with Crippen LogP contribution in [0.25, 0.3) is 0 Å². The number of hydrogen-bond donors (Lipinski definition) is 0. The quantitative estimate of drug-likeness (QED) is 0.616. The largest absolute Gasteiger partial charge is 0.508 e. The Hall–Kier alpha value is -1.84. The van der Waals surface area contributed by atoms with Crippen molar-refractivity contribution in [3.8, 4) is 0 Å². The molecule has 2 rings (SSSR count). The first kappa shape index (κ1) is 13.6. The van der Waals surface area contributed by atoms with Gasteiger partial charge in [-0.3, -0.25) is 0 Å². The Morgan fingerprint density at radius 2 is 2.21 bits per heavy atom. The molecule has 1 aliphatic carbocycles. The zero-order valence-electron chi connectivity index (χ0n) is 11.1. The van der Waals surface area contributed by atoms with Crippen LogP contribution in [0.3, 0.4) is 0 Å². The number of rotatable bonds is 3. The van der Waals surface area contributed by atoms with E-state index >= 15 is 0 Å². The molecular weight excluding hydrogens is 247 g/mol. The minimum Gasteiger partial charge on any atom is -0.435 e. The molecule has 0 fully saturated rings. The Balaban J connectivity index is 1.97. The molecule has 19 heavy (non-hydrogen) atoms. The highest BCUT2D eigenvalue weighted by molar-refractivity contribution is 5.60. The van der Waals surface area contributed by atoms with Gasteiger partial charge in [0, 0.05) is 5.92 Å². The molecule has 0 aliphatic heterocycles. The van der Waals surface area contributed by atoms with E-state index in [1.807, 2.05) is 18.2 Å². The smallest absolute Gasteiger partial charge is 0.435 e. The van der Waals surface area contributed by atoms with Gasteiger partial charge in [-0.05, 0) is 43.5 Å². The first-order valence-electron chi connectivity index (χ1n) is 6.38. The second-order valence-corrected chi connectivity index (χ2v) is 4.58. The van der Waals surface area contributed by atoms with Crippen molar-refractivity contribution in [3.63, 3.8) is 0 Å². The summed E-state index contributed by atoms with van der Waals surface area (Å²) < 4.78 is 23.1. The van der Waals surface area contributed by atoms with E-state index in [9.17, 15) is 9.18 Å². The zero-order valence-corrected chi connectivity index (χ0v) is 11.1. The molecule has 1 aliphatic rings. The maximum absolute atomic E-state index is 13.2. The third kappa shape index (κ3) is 3.34. The molecule has 2 atom stereocenters. The molecule has 102 valence electrons. The van der Waals surface area contributed by atoms with Crippen molar-refractivity contribution in [2.45, 2.75) is 32.3 Å². The van der Waals surface area contributed by atoms with Crippen molar-refractivity contribution in [2.24, 2.45) is 0 Å². The summed E-state index contributed by atoms with van der Waals surface area (Å²) in [4.78, 5) is 11.2. The van der Waals surface area contributed by atoms with Crippen LogP contribution in [0, 0.1) is 12.7 Å². The van der Waals surface area contributed by atoms with Crippen LogP contribution in [0.5, 0.6) is 0 Å². The molecule has 0 spiro atoms. The SMILES string of the molecule is CCOC(=O)O[C@H]1C=C[C@H](c2ccc(F)c(C)c2)C1. The van der Waals surface area contributed by atoms with Crippen LogP contribution in [0.4, 0.5) is 9.18 Å². The molecule has 0 radical (unpaired) electrons. The van der Waals surface area contributed by atoms with Crippen LogP contribution in [-0.2, 0) is 9.47 Å². The van der Waals surface area contributed by atoms with Gasteiger partial charge in [0.05, 0.1) is 6.61 Å². The lowest BCUT2D eigenvalue weighted by molar-refractivity contribution is 0.0398. The van der Waals surface area contributed by atoms with Crippen LogP contribution in [0.15, 0.2) is 30.4 Å². The van der Waals surface area contributed by atoms with Crippen molar-refractivity contribution in [1.29, 1.82) is 0 Å². The fourth-order valence-corrected chi connectivity index (χ4v) is 2.17. The standard InChI is InChI=1S/C15H17FO3/c1-3-18-15(17)19-13-6-4-12(9-13)11-5-7-14(16)10(2)8-11/h4-8,12-13H,3,9H2,1-2H3/t12-,13-/m0/s1. The van der Waals surface area contributed by atoms with Gasteiger partial charge in [-0.1, -0.05) is 18.2 Å². The van der Waals surface area contributed by atoms with E-state index in [0.717, 1.165) is 5.56 Å². The Kier molecular flexibility index (Phi) is 4.20. The number of halogens is 1. The number of allylic oxidation sites excluding steroid dienone is 1. The lowest BCUT2D eigenvalue weighted by Gasteiger charge is -2.13. The second kappa shape index (κ2) is 5.87. The van der Waals surface area contributed by atoms with Gasteiger partial charge in [0.15, 0.2) is 0 Å². The number of aryl methyl sites for hydroxylation is 1. The van der Waals surface area contributed by atoms with Crippen molar-refractivity contribution in [2.75, 3.05) is 6.61 Å². The van der Waals surface area contributed by atoms with E-state index in [2.05, 4.69) is 0 Å². The summed E-state index contributed by atoms with van der Waals surface area (Å²) in [5, 5.41) is 0.